The zero-order valence-corrected chi connectivity index (χ0v) is 16.6. The third kappa shape index (κ3) is 3.58. The molecule has 0 radical (unpaired) electrons. The molecule has 7 heteroatoms. The summed E-state index contributed by atoms with van der Waals surface area (Å²) < 4.78 is 12.8. The molecule has 0 saturated carbocycles. The highest BCUT2D eigenvalue weighted by molar-refractivity contribution is 7.07. The molecule has 1 aliphatic heterocycles. The van der Waals surface area contributed by atoms with Crippen molar-refractivity contribution in [3.8, 4) is 34.2 Å². The van der Waals surface area contributed by atoms with E-state index in [2.05, 4.69) is 10.2 Å². The van der Waals surface area contributed by atoms with Crippen LogP contribution in [0, 0.1) is 0 Å². The summed E-state index contributed by atoms with van der Waals surface area (Å²) in [7, 11) is 0. The number of phenolic OH excluding ortho intramolecular Hbond substituents is 1. The fraction of sp³-hybridized carbons (Fsp3) is 0.0435. The fourth-order valence-electron chi connectivity index (χ4n) is 3.18. The van der Waals surface area contributed by atoms with Gasteiger partial charge in [0.2, 0.25) is 11.6 Å². The van der Waals surface area contributed by atoms with Crippen molar-refractivity contribution >= 4 is 17.6 Å². The molecule has 30 heavy (non-hydrogen) atoms. The van der Waals surface area contributed by atoms with Gasteiger partial charge in [0.1, 0.15) is 5.75 Å². The summed E-state index contributed by atoms with van der Waals surface area (Å²) in [6.07, 6.45) is 1.69. The molecule has 4 aromatic rings. The van der Waals surface area contributed by atoms with Crippen molar-refractivity contribution in [3.63, 3.8) is 0 Å². The van der Waals surface area contributed by atoms with Crippen molar-refractivity contribution in [2.75, 3.05) is 6.79 Å². The minimum atomic E-state index is 0.235. The first-order valence-electron chi connectivity index (χ1n) is 9.30. The summed E-state index contributed by atoms with van der Waals surface area (Å²) in [5, 5.41) is 20.4. The SMILES string of the molecule is Oc1ccc(-c2cs/c(=N\N=C\c3ccc4c(c3)OCO4)n2-c2ccccc2)cc1. The lowest BCUT2D eigenvalue weighted by molar-refractivity contribution is 0.174. The largest absolute Gasteiger partial charge is 0.508 e. The zero-order valence-electron chi connectivity index (χ0n) is 15.8. The van der Waals surface area contributed by atoms with Gasteiger partial charge in [0.05, 0.1) is 11.9 Å². The van der Waals surface area contributed by atoms with Crippen LogP contribution < -0.4 is 14.3 Å². The van der Waals surface area contributed by atoms with E-state index in [1.807, 2.05) is 70.6 Å². The highest BCUT2D eigenvalue weighted by Gasteiger charge is 2.13. The van der Waals surface area contributed by atoms with Gasteiger partial charge in [-0.1, -0.05) is 18.2 Å². The van der Waals surface area contributed by atoms with Gasteiger partial charge in [0.15, 0.2) is 11.5 Å². The molecule has 1 aliphatic rings. The van der Waals surface area contributed by atoms with Crippen LogP contribution in [0.3, 0.4) is 0 Å². The Labute approximate surface area is 176 Å². The van der Waals surface area contributed by atoms with Crippen molar-refractivity contribution in [3.05, 3.63) is 88.5 Å². The van der Waals surface area contributed by atoms with Crippen molar-refractivity contribution in [2.24, 2.45) is 10.2 Å². The normalized spacial score (nSPS) is 13.3. The first-order valence-corrected chi connectivity index (χ1v) is 10.2. The first-order chi connectivity index (χ1) is 14.8. The molecule has 3 aromatic carbocycles. The molecule has 148 valence electrons. The van der Waals surface area contributed by atoms with Gasteiger partial charge < -0.3 is 14.6 Å². The van der Waals surface area contributed by atoms with Crippen LogP contribution in [0.25, 0.3) is 16.9 Å². The van der Waals surface area contributed by atoms with E-state index in [9.17, 15) is 5.11 Å². The van der Waals surface area contributed by atoms with Crippen LogP contribution in [0.2, 0.25) is 0 Å². The Hall–Kier alpha value is -3.84. The maximum atomic E-state index is 9.62. The number of ether oxygens (including phenoxy) is 2. The Morgan fingerprint density at radius 3 is 2.57 bits per heavy atom. The van der Waals surface area contributed by atoms with Gasteiger partial charge in [-0.15, -0.1) is 16.4 Å². The van der Waals surface area contributed by atoms with Crippen LogP contribution in [-0.4, -0.2) is 22.7 Å². The van der Waals surface area contributed by atoms with E-state index in [4.69, 9.17) is 9.47 Å². The number of aromatic nitrogens is 1. The molecule has 0 amide bonds. The monoisotopic (exact) mass is 415 g/mol. The number of phenols is 1. The van der Waals surface area contributed by atoms with E-state index in [1.54, 1.807) is 18.3 Å². The van der Waals surface area contributed by atoms with Gasteiger partial charge in [-0.3, -0.25) is 4.57 Å². The van der Waals surface area contributed by atoms with Crippen molar-refractivity contribution < 1.29 is 14.6 Å². The molecule has 1 aromatic heterocycles. The van der Waals surface area contributed by atoms with Crippen LogP contribution in [0.1, 0.15) is 5.56 Å². The fourth-order valence-corrected chi connectivity index (χ4v) is 4.04. The van der Waals surface area contributed by atoms with Gasteiger partial charge >= 0.3 is 0 Å². The summed E-state index contributed by atoms with van der Waals surface area (Å²) in [6.45, 7) is 0.243. The average molecular weight is 415 g/mol. The molecular formula is C23H17N3O3S. The molecule has 1 N–H and O–H groups in total. The smallest absolute Gasteiger partial charge is 0.231 e. The van der Waals surface area contributed by atoms with Gasteiger partial charge in [-0.05, 0) is 65.7 Å². The Kier molecular flexibility index (Phi) is 4.78. The molecule has 0 saturated heterocycles. The quantitative estimate of drug-likeness (QED) is 0.392. The number of aromatic hydroxyl groups is 1. The van der Waals surface area contributed by atoms with Crippen LogP contribution >= 0.6 is 11.3 Å². The van der Waals surface area contributed by atoms with Gasteiger partial charge in [0.25, 0.3) is 0 Å². The highest BCUT2D eigenvalue weighted by atomic mass is 32.1. The molecule has 0 atom stereocenters. The second kappa shape index (κ2) is 7.88. The highest BCUT2D eigenvalue weighted by Crippen LogP contribution is 2.32. The van der Waals surface area contributed by atoms with Crippen LogP contribution in [0.5, 0.6) is 17.2 Å². The zero-order chi connectivity index (χ0) is 20.3. The molecule has 0 aliphatic carbocycles. The van der Waals surface area contributed by atoms with Gasteiger partial charge in [0, 0.05) is 11.1 Å². The summed E-state index contributed by atoms with van der Waals surface area (Å²) in [4.78, 5) is 0.737. The summed E-state index contributed by atoms with van der Waals surface area (Å²) in [5.41, 5.74) is 3.82. The van der Waals surface area contributed by atoms with Crippen molar-refractivity contribution in [1.29, 1.82) is 0 Å². The van der Waals surface area contributed by atoms with Crippen molar-refractivity contribution in [2.45, 2.75) is 0 Å². The lowest BCUT2D eigenvalue weighted by Gasteiger charge is -2.09. The number of fused-ring (bicyclic) bond motifs is 1. The predicted molar refractivity (Wildman–Crippen MR) is 116 cm³/mol. The third-order valence-electron chi connectivity index (χ3n) is 4.63. The Morgan fingerprint density at radius 1 is 0.933 bits per heavy atom. The topological polar surface area (TPSA) is 68.3 Å². The number of nitrogens with zero attached hydrogens (tertiary/aromatic N) is 3. The maximum Gasteiger partial charge on any atom is 0.231 e. The van der Waals surface area contributed by atoms with E-state index >= 15 is 0 Å². The van der Waals surface area contributed by atoms with E-state index in [-0.39, 0.29) is 12.5 Å². The molecule has 0 fully saturated rings. The molecule has 0 bridgehead atoms. The van der Waals surface area contributed by atoms with Gasteiger partial charge in [-0.2, -0.15) is 5.10 Å². The molecular weight excluding hydrogens is 398 g/mol. The van der Waals surface area contributed by atoms with Crippen LogP contribution in [-0.2, 0) is 0 Å². The van der Waals surface area contributed by atoms with E-state index < -0.39 is 0 Å². The summed E-state index contributed by atoms with van der Waals surface area (Å²) in [6, 6.07) is 22.8. The molecule has 0 spiro atoms. The second-order valence-electron chi connectivity index (χ2n) is 6.58. The lowest BCUT2D eigenvalue weighted by atomic mass is 10.1. The average Bonchev–Trinajstić information content (AvgIpc) is 3.42. The number of para-hydroxylation sites is 1. The number of thiazole rings is 1. The number of hydrogen-bond acceptors (Lipinski definition) is 6. The minimum Gasteiger partial charge on any atom is -0.508 e. The van der Waals surface area contributed by atoms with E-state index in [0.29, 0.717) is 5.75 Å². The Balaban J connectivity index is 1.55. The van der Waals surface area contributed by atoms with Crippen LogP contribution in [0.15, 0.2) is 88.4 Å². The van der Waals surface area contributed by atoms with E-state index in [0.717, 1.165) is 33.1 Å². The molecule has 5 rings (SSSR count). The summed E-state index contributed by atoms with van der Waals surface area (Å²) in [5.74, 6) is 1.69. The lowest BCUT2D eigenvalue weighted by Crippen LogP contribution is -2.13. The molecule has 6 nitrogen and oxygen atoms in total. The molecule has 0 unspecified atom stereocenters. The first kappa shape index (κ1) is 18.2. The Morgan fingerprint density at radius 2 is 1.73 bits per heavy atom. The predicted octanol–water partition coefficient (Wildman–Crippen LogP) is 4.57. The number of rotatable bonds is 4. The van der Waals surface area contributed by atoms with E-state index in [1.165, 1.54) is 11.3 Å². The number of hydrogen-bond donors (Lipinski definition) is 1. The standard InChI is InChI=1S/C23H17N3O3S/c27-19-9-7-17(8-10-19)20-14-30-23(26(20)18-4-2-1-3-5-18)25-24-13-16-6-11-21-22(12-16)29-15-28-21/h1-14,27H,15H2/b24-13+,25-23-. The Bertz CT molecular complexity index is 1280. The minimum absolute atomic E-state index is 0.235. The number of benzene rings is 3. The van der Waals surface area contributed by atoms with Gasteiger partial charge in [-0.25, -0.2) is 0 Å². The van der Waals surface area contributed by atoms with Crippen LogP contribution in [0.4, 0.5) is 0 Å². The summed E-state index contributed by atoms with van der Waals surface area (Å²) >= 11 is 1.50. The second-order valence-corrected chi connectivity index (χ2v) is 7.42. The maximum absolute atomic E-state index is 9.62. The van der Waals surface area contributed by atoms with Crippen molar-refractivity contribution in [1.82, 2.24) is 4.57 Å². The third-order valence-corrected chi connectivity index (χ3v) is 5.45. The molecule has 2 heterocycles.